The van der Waals surface area contributed by atoms with E-state index in [4.69, 9.17) is 0 Å². The molecule has 1 aromatic heterocycles. The molecule has 1 amide bonds. The van der Waals surface area contributed by atoms with E-state index >= 15 is 0 Å². The molecule has 0 spiro atoms. The highest BCUT2D eigenvalue weighted by Gasteiger charge is 2.13. The Hall–Kier alpha value is -2.60. The largest absolute Gasteiger partial charge is 0.349 e. The average Bonchev–Trinajstić information content (AvgIpc) is 3.15. The zero-order valence-electron chi connectivity index (χ0n) is 15.8. The van der Waals surface area contributed by atoms with Crippen LogP contribution in [0.4, 0.5) is 0 Å². The van der Waals surface area contributed by atoms with Crippen LogP contribution < -0.4 is 5.32 Å². The molecule has 0 saturated heterocycles. The fraction of sp³-hybridized carbons (Fsp3) is 0.286. The minimum Gasteiger partial charge on any atom is -0.349 e. The van der Waals surface area contributed by atoms with Crippen molar-refractivity contribution in [3.8, 4) is 5.69 Å². The Bertz CT molecular complexity index is 887. The zero-order valence-corrected chi connectivity index (χ0v) is 16.7. The van der Waals surface area contributed by atoms with E-state index in [1.807, 2.05) is 42.7 Å². The number of rotatable bonds is 7. The van der Waals surface area contributed by atoms with E-state index in [0.717, 1.165) is 17.7 Å². The summed E-state index contributed by atoms with van der Waals surface area (Å²) in [6.45, 7) is 6.18. The predicted molar refractivity (Wildman–Crippen MR) is 109 cm³/mol. The van der Waals surface area contributed by atoms with Gasteiger partial charge < -0.3 is 5.32 Å². The third-order valence-electron chi connectivity index (χ3n) is 4.43. The van der Waals surface area contributed by atoms with Crippen molar-refractivity contribution in [2.45, 2.75) is 38.4 Å². The van der Waals surface area contributed by atoms with Gasteiger partial charge in [0, 0.05) is 5.69 Å². The van der Waals surface area contributed by atoms with Crippen molar-refractivity contribution in [2.24, 2.45) is 0 Å². The highest BCUT2D eigenvalue weighted by Crippen LogP contribution is 2.20. The molecule has 0 aliphatic rings. The van der Waals surface area contributed by atoms with Crippen molar-refractivity contribution in [1.82, 2.24) is 20.1 Å². The van der Waals surface area contributed by atoms with Crippen LogP contribution in [0, 0.1) is 6.92 Å². The van der Waals surface area contributed by atoms with Crippen LogP contribution in [-0.4, -0.2) is 26.4 Å². The number of carbonyl (C=O) groups excluding carboxylic acids is 1. The summed E-state index contributed by atoms with van der Waals surface area (Å²) >= 11 is 1.38. The van der Waals surface area contributed by atoms with Crippen molar-refractivity contribution in [3.05, 3.63) is 71.5 Å². The van der Waals surface area contributed by atoms with Gasteiger partial charge in [0.2, 0.25) is 5.91 Å². The Morgan fingerprint density at radius 1 is 1.15 bits per heavy atom. The quantitative estimate of drug-likeness (QED) is 0.627. The predicted octanol–water partition coefficient (Wildman–Crippen LogP) is 4.11. The molecule has 27 heavy (non-hydrogen) atoms. The van der Waals surface area contributed by atoms with Gasteiger partial charge >= 0.3 is 0 Å². The SMILES string of the molecule is CCc1ccc([C@@H](C)NC(=O)CSc2nncn2-c2ccc(C)cc2)cc1. The Labute approximate surface area is 164 Å². The molecule has 1 atom stereocenters. The van der Waals surface area contributed by atoms with Crippen molar-refractivity contribution < 1.29 is 4.79 Å². The second-order valence-corrected chi connectivity index (χ2v) is 7.43. The normalized spacial score (nSPS) is 12.0. The summed E-state index contributed by atoms with van der Waals surface area (Å²) in [6.07, 6.45) is 2.68. The van der Waals surface area contributed by atoms with E-state index in [2.05, 4.69) is 46.7 Å². The molecule has 3 aromatic rings. The molecule has 0 aliphatic carbocycles. The Kier molecular flexibility index (Phi) is 6.29. The van der Waals surface area contributed by atoms with E-state index < -0.39 is 0 Å². The number of nitrogens with zero attached hydrogens (tertiary/aromatic N) is 3. The maximum atomic E-state index is 12.3. The number of nitrogens with one attached hydrogen (secondary N) is 1. The lowest BCUT2D eigenvalue weighted by Gasteiger charge is -2.14. The minimum absolute atomic E-state index is 0.0227. The summed E-state index contributed by atoms with van der Waals surface area (Å²) in [4.78, 5) is 12.3. The number of thioether (sulfide) groups is 1. The van der Waals surface area contributed by atoms with Crippen molar-refractivity contribution >= 4 is 17.7 Å². The molecular formula is C21H24N4OS. The third kappa shape index (κ3) is 4.98. The van der Waals surface area contributed by atoms with Crippen LogP contribution in [-0.2, 0) is 11.2 Å². The smallest absolute Gasteiger partial charge is 0.230 e. The van der Waals surface area contributed by atoms with Crippen LogP contribution in [0.3, 0.4) is 0 Å². The molecule has 1 N–H and O–H groups in total. The number of benzene rings is 2. The second-order valence-electron chi connectivity index (χ2n) is 6.49. The molecule has 0 radical (unpaired) electrons. The number of carbonyl (C=O) groups is 1. The van der Waals surface area contributed by atoms with Gasteiger partial charge in [0.15, 0.2) is 5.16 Å². The number of aromatic nitrogens is 3. The molecule has 0 saturated carbocycles. The van der Waals surface area contributed by atoms with Crippen molar-refractivity contribution in [2.75, 3.05) is 5.75 Å². The molecule has 140 valence electrons. The lowest BCUT2D eigenvalue weighted by molar-refractivity contribution is -0.119. The molecular weight excluding hydrogens is 356 g/mol. The van der Waals surface area contributed by atoms with Crippen LogP contribution in [0.2, 0.25) is 0 Å². The first-order chi connectivity index (χ1) is 13.1. The van der Waals surface area contributed by atoms with Gasteiger partial charge in [-0.25, -0.2) is 0 Å². The maximum Gasteiger partial charge on any atom is 0.230 e. The number of amides is 1. The standard InChI is InChI=1S/C21H24N4OS/c1-4-17-7-9-18(10-8-17)16(3)23-20(26)13-27-21-24-22-14-25(21)19-11-5-15(2)6-12-19/h5-12,14,16H,4,13H2,1-3H3,(H,23,26)/t16-/m1/s1. The van der Waals surface area contributed by atoms with E-state index in [0.29, 0.717) is 10.9 Å². The molecule has 3 rings (SSSR count). The number of aryl methyl sites for hydroxylation is 2. The molecule has 5 nitrogen and oxygen atoms in total. The summed E-state index contributed by atoms with van der Waals surface area (Å²) in [5.74, 6) is 0.271. The summed E-state index contributed by atoms with van der Waals surface area (Å²) in [5.41, 5.74) is 4.58. The van der Waals surface area contributed by atoms with Crippen LogP contribution in [0.15, 0.2) is 60.0 Å². The molecule has 2 aromatic carbocycles. The third-order valence-corrected chi connectivity index (χ3v) is 5.37. The van der Waals surface area contributed by atoms with Gasteiger partial charge in [-0.1, -0.05) is 60.6 Å². The molecule has 1 heterocycles. The van der Waals surface area contributed by atoms with Gasteiger partial charge in [-0.3, -0.25) is 9.36 Å². The first kappa shape index (κ1) is 19.2. The first-order valence-corrected chi connectivity index (χ1v) is 10.0. The molecule has 0 bridgehead atoms. The van der Waals surface area contributed by atoms with Gasteiger partial charge in [-0.15, -0.1) is 10.2 Å². The van der Waals surface area contributed by atoms with E-state index in [-0.39, 0.29) is 11.9 Å². The fourth-order valence-corrected chi connectivity index (χ4v) is 3.48. The monoisotopic (exact) mass is 380 g/mol. The summed E-state index contributed by atoms with van der Waals surface area (Å²) in [6, 6.07) is 16.5. The van der Waals surface area contributed by atoms with Crippen LogP contribution >= 0.6 is 11.8 Å². The van der Waals surface area contributed by atoms with E-state index in [1.165, 1.54) is 22.9 Å². The summed E-state index contributed by atoms with van der Waals surface area (Å²) in [5, 5.41) is 11.9. The molecule has 0 aliphatic heterocycles. The van der Waals surface area contributed by atoms with E-state index in [9.17, 15) is 4.79 Å². The summed E-state index contributed by atoms with van der Waals surface area (Å²) < 4.78 is 1.89. The molecule has 0 unspecified atom stereocenters. The Morgan fingerprint density at radius 3 is 2.52 bits per heavy atom. The average molecular weight is 381 g/mol. The maximum absolute atomic E-state index is 12.3. The van der Waals surface area contributed by atoms with Gasteiger partial charge in [0.05, 0.1) is 11.8 Å². The van der Waals surface area contributed by atoms with Crippen LogP contribution in [0.5, 0.6) is 0 Å². The van der Waals surface area contributed by atoms with Crippen LogP contribution in [0.25, 0.3) is 5.69 Å². The number of hydrogen-bond donors (Lipinski definition) is 1. The lowest BCUT2D eigenvalue weighted by atomic mass is 10.1. The van der Waals surface area contributed by atoms with Gasteiger partial charge in [0.25, 0.3) is 0 Å². The van der Waals surface area contributed by atoms with Gasteiger partial charge in [0.1, 0.15) is 6.33 Å². The highest BCUT2D eigenvalue weighted by molar-refractivity contribution is 7.99. The summed E-state index contributed by atoms with van der Waals surface area (Å²) in [7, 11) is 0. The minimum atomic E-state index is -0.0287. The Balaban J connectivity index is 1.58. The molecule has 0 fully saturated rings. The molecule has 6 heteroatoms. The topological polar surface area (TPSA) is 59.8 Å². The Morgan fingerprint density at radius 2 is 1.85 bits per heavy atom. The van der Waals surface area contributed by atoms with Crippen molar-refractivity contribution in [3.63, 3.8) is 0 Å². The number of hydrogen-bond acceptors (Lipinski definition) is 4. The second kappa shape index (κ2) is 8.86. The lowest BCUT2D eigenvalue weighted by Crippen LogP contribution is -2.28. The van der Waals surface area contributed by atoms with E-state index in [1.54, 1.807) is 6.33 Å². The highest BCUT2D eigenvalue weighted by atomic mass is 32.2. The first-order valence-electron chi connectivity index (χ1n) is 9.05. The zero-order chi connectivity index (χ0) is 19.2. The van der Waals surface area contributed by atoms with Crippen LogP contribution in [0.1, 0.15) is 36.6 Å². The van der Waals surface area contributed by atoms with Gasteiger partial charge in [-0.2, -0.15) is 0 Å². The fourth-order valence-electron chi connectivity index (χ4n) is 2.74. The van der Waals surface area contributed by atoms with Crippen molar-refractivity contribution in [1.29, 1.82) is 0 Å². The van der Waals surface area contributed by atoms with Gasteiger partial charge in [-0.05, 0) is 43.5 Å².